The molecule has 1 aromatic carbocycles. The Balaban J connectivity index is 1.90. The van der Waals surface area contributed by atoms with Crippen LogP contribution in [0.25, 0.3) is 10.9 Å². The Hall–Kier alpha value is -1.75. The molecule has 2 N–H and O–H groups in total. The zero-order chi connectivity index (χ0) is 13.9. The molecule has 5 heteroatoms. The molecule has 1 saturated heterocycles. The predicted octanol–water partition coefficient (Wildman–Crippen LogP) is 3.10. The first-order valence-corrected chi connectivity index (χ1v) is 7.84. The summed E-state index contributed by atoms with van der Waals surface area (Å²) < 4.78 is 0. The number of fused-ring (bicyclic) bond motifs is 1. The van der Waals surface area contributed by atoms with Crippen LogP contribution >= 0.6 is 11.8 Å². The highest BCUT2D eigenvalue weighted by Gasteiger charge is 2.18. The molecule has 20 heavy (non-hydrogen) atoms. The van der Waals surface area contributed by atoms with E-state index in [0.29, 0.717) is 11.7 Å². The molecule has 0 aliphatic carbocycles. The molecule has 104 valence electrons. The van der Waals surface area contributed by atoms with E-state index in [9.17, 15) is 9.90 Å². The molecule has 0 amide bonds. The van der Waals surface area contributed by atoms with Gasteiger partial charge in [-0.2, -0.15) is 11.8 Å². The zero-order valence-electron chi connectivity index (χ0n) is 11.0. The Morgan fingerprint density at radius 3 is 3.05 bits per heavy atom. The van der Waals surface area contributed by atoms with Gasteiger partial charge in [-0.25, -0.2) is 9.78 Å². The van der Waals surface area contributed by atoms with Crippen molar-refractivity contribution in [3.05, 3.63) is 35.9 Å². The van der Waals surface area contributed by atoms with Gasteiger partial charge in [-0.05, 0) is 36.0 Å². The summed E-state index contributed by atoms with van der Waals surface area (Å²) in [5.74, 6) is 2.49. The smallest absolute Gasteiger partial charge is 0.339 e. The van der Waals surface area contributed by atoms with Crippen molar-refractivity contribution in [2.45, 2.75) is 6.42 Å². The van der Waals surface area contributed by atoms with Crippen molar-refractivity contribution in [3.8, 4) is 0 Å². The number of anilines is 1. The first kappa shape index (κ1) is 13.2. The highest BCUT2D eigenvalue weighted by Crippen LogP contribution is 2.25. The van der Waals surface area contributed by atoms with Crippen molar-refractivity contribution >= 4 is 34.5 Å². The minimum Gasteiger partial charge on any atom is -0.478 e. The summed E-state index contributed by atoms with van der Waals surface area (Å²) in [7, 11) is 0. The maximum Gasteiger partial charge on any atom is 0.339 e. The molecule has 0 bridgehead atoms. The number of nitrogens with zero attached hydrogens (tertiary/aromatic N) is 1. The lowest BCUT2D eigenvalue weighted by Crippen LogP contribution is -2.16. The molecule has 1 unspecified atom stereocenters. The Morgan fingerprint density at radius 1 is 1.45 bits per heavy atom. The summed E-state index contributed by atoms with van der Waals surface area (Å²) in [5.41, 5.74) is 1.06. The molecular formula is C15H16N2O2S. The lowest BCUT2D eigenvalue weighted by molar-refractivity contribution is 0.0697. The molecule has 0 saturated carbocycles. The number of pyridine rings is 1. The first-order chi connectivity index (χ1) is 9.74. The summed E-state index contributed by atoms with van der Waals surface area (Å²) in [6.07, 6.45) is 1.19. The highest BCUT2D eigenvalue weighted by molar-refractivity contribution is 7.99. The molecule has 1 aliphatic heterocycles. The third-order valence-electron chi connectivity index (χ3n) is 3.54. The highest BCUT2D eigenvalue weighted by atomic mass is 32.2. The van der Waals surface area contributed by atoms with Gasteiger partial charge >= 0.3 is 5.97 Å². The number of carboxylic acids is 1. The number of nitrogens with one attached hydrogen (secondary N) is 1. The fourth-order valence-electron chi connectivity index (χ4n) is 2.40. The molecule has 4 nitrogen and oxygen atoms in total. The van der Waals surface area contributed by atoms with Crippen molar-refractivity contribution in [2.75, 3.05) is 23.4 Å². The lowest BCUT2D eigenvalue weighted by atomic mass is 10.1. The van der Waals surface area contributed by atoms with Gasteiger partial charge in [0.15, 0.2) is 0 Å². The van der Waals surface area contributed by atoms with Crippen LogP contribution < -0.4 is 5.32 Å². The van der Waals surface area contributed by atoms with E-state index in [1.807, 2.05) is 36.0 Å². The quantitative estimate of drug-likeness (QED) is 0.905. The minimum atomic E-state index is -0.938. The fraction of sp³-hybridized carbons (Fsp3) is 0.333. The Bertz CT molecular complexity index is 639. The molecule has 1 fully saturated rings. The number of carbonyl (C=O) groups is 1. The molecule has 1 atom stereocenters. The van der Waals surface area contributed by atoms with Crippen LogP contribution in [0, 0.1) is 5.92 Å². The molecule has 0 radical (unpaired) electrons. The van der Waals surface area contributed by atoms with Crippen molar-refractivity contribution in [2.24, 2.45) is 5.92 Å². The number of aromatic nitrogens is 1. The van der Waals surface area contributed by atoms with E-state index in [4.69, 9.17) is 0 Å². The van der Waals surface area contributed by atoms with E-state index in [1.54, 1.807) is 6.07 Å². The summed E-state index contributed by atoms with van der Waals surface area (Å²) in [5, 5.41) is 13.4. The summed E-state index contributed by atoms with van der Waals surface area (Å²) in [6.45, 7) is 0.790. The molecule has 2 aromatic rings. The number of benzene rings is 1. The van der Waals surface area contributed by atoms with Crippen LogP contribution in [0.3, 0.4) is 0 Å². The zero-order valence-corrected chi connectivity index (χ0v) is 11.8. The van der Waals surface area contributed by atoms with Gasteiger partial charge in [0, 0.05) is 11.9 Å². The maximum atomic E-state index is 11.4. The van der Waals surface area contributed by atoms with E-state index in [-0.39, 0.29) is 5.56 Å². The molecule has 1 aliphatic rings. The van der Waals surface area contributed by atoms with E-state index in [1.165, 1.54) is 12.2 Å². The third kappa shape index (κ3) is 2.72. The van der Waals surface area contributed by atoms with E-state index < -0.39 is 5.97 Å². The third-order valence-corrected chi connectivity index (χ3v) is 4.77. The second kappa shape index (κ2) is 5.71. The van der Waals surface area contributed by atoms with Crippen molar-refractivity contribution < 1.29 is 9.90 Å². The van der Waals surface area contributed by atoms with Crippen LogP contribution in [0.5, 0.6) is 0 Å². The Kier molecular flexibility index (Phi) is 3.78. The molecular weight excluding hydrogens is 272 g/mol. The van der Waals surface area contributed by atoms with Gasteiger partial charge in [0.05, 0.1) is 5.52 Å². The Morgan fingerprint density at radius 2 is 2.30 bits per heavy atom. The van der Waals surface area contributed by atoms with Crippen LogP contribution in [0.1, 0.15) is 16.8 Å². The van der Waals surface area contributed by atoms with Crippen molar-refractivity contribution in [1.82, 2.24) is 4.98 Å². The van der Waals surface area contributed by atoms with Gasteiger partial charge in [0.2, 0.25) is 0 Å². The number of thioether (sulfide) groups is 1. The molecule has 0 spiro atoms. The summed E-state index contributed by atoms with van der Waals surface area (Å²) >= 11 is 1.95. The van der Waals surface area contributed by atoms with Gasteiger partial charge < -0.3 is 10.4 Å². The van der Waals surface area contributed by atoms with Crippen LogP contribution in [-0.2, 0) is 0 Å². The van der Waals surface area contributed by atoms with Crippen molar-refractivity contribution in [3.63, 3.8) is 0 Å². The van der Waals surface area contributed by atoms with Crippen molar-refractivity contribution in [1.29, 1.82) is 0 Å². The standard InChI is InChI=1S/C15H16N2O2S/c18-15(19)12-7-11-3-1-2-4-13(11)17-14(12)16-8-10-5-6-20-9-10/h1-4,7,10H,5-6,8-9H2,(H,16,17)(H,18,19). The van der Waals surface area contributed by atoms with E-state index in [2.05, 4.69) is 10.3 Å². The van der Waals surface area contributed by atoms with Crippen LogP contribution in [0.2, 0.25) is 0 Å². The topological polar surface area (TPSA) is 62.2 Å². The Labute approximate surface area is 121 Å². The summed E-state index contributed by atoms with van der Waals surface area (Å²) in [6, 6.07) is 9.27. The van der Waals surface area contributed by atoms with Crippen LogP contribution in [0.4, 0.5) is 5.82 Å². The van der Waals surface area contributed by atoms with E-state index >= 15 is 0 Å². The number of rotatable bonds is 4. The van der Waals surface area contributed by atoms with Gasteiger partial charge in [-0.3, -0.25) is 0 Å². The molecule has 3 rings (SSSR count). The van der Waals surface area contributed by atoms with Crippen LogP contribution in [-0.4, -0.2) is 34.1 Å². The second-order valence-corrected chi connectivity index (χ2v) is 6.14. The van der Waals surface area contributed by atoms with Gasteiger partial charge in [0.1, 0.15) is 11.4 Å². The van der Waals surface area contributed by atoms with Crippen LogP contribution in [0.15, 0.2) is 30.3 Å². The second-order valence-electron chi connectivity index (χ2n) is 4.99. The van der Waals surface area contributed by atoms with E-state index in [0.717, 1.165) is 23.2 Å². The van der Waals surface area contributed by atoms with Gasteiger partial charge in [-0.15, -0.1) is 0 Å². The SMILES string of the molecule is O=C(O)c1cc2ccccc2nc1NCC1CCSC1. The van der Waals surface area contributed by atoms with Gasteiger partial charge in [-0.1, -0.05) is 18.2 Å². The normalized spacial score (nSPS) is 18.3. The van der Waals surface area contributed by atoms with Gasteiger partial charge in [0.25, 0.3) is 0 Å². The number of aromatic carboxylic acids is 1. The largest absolute Gasteiger partial charge is 0.478 e. The number of para-hydroxylation sites is 1. The molecule has 2 heterocycles. The maximum absolute atomic E-state index is 11.4. The molecule has 1 aromatic heterocycles. The predicted molar refractivity (Wildman–Crippen MR) is 82.6 cm³/mol. The monoisotopic (exact) mass is 288 g/mol. The first-order valence-electron chi connectivity index (χ1n) is 6.69. The average Bonchev–Trinajstić information content (AvgIpc) is 2.97. The average molecular weight is 288 g/mol. The summed E-state index contributed by atoms with van der Waals surface area (Å²) in [4.78, 5) is 15.8. The number of carboxylic acid groups (broad SMARTS) is 1. The lowest BCUT2D eigenvalue weighted by Gasteiger charge is -2.13. The number of hydrogen-bond donors (Lipinski definition) is 2. The minimum absolute atomic E-state index is 0.245. The fourth-order valence-corrected chi connectivity index (χ4v) is 3.68. The number of hydrogen-bond acceptors (Lipinski definition) is 4.